The lowest BCUT2D eigenvalue weighted by Gasteiger charge is -2.08. The summed E-state index contributed by atoms with van der Waals surface area (Å²) in [5.74, 6) is 0. The van der Waals surface area contributed by atoms with Gasteiger partial charge in [0.05, 0.1) is 5.56 Å². The zero-order valence-corrected chi connectivity index (χ0v) is 9.89. The van der Waals surface area contributed by atoms with Crippen LogP contribution in [0, 0.1) is 3.70 Å². The number of nitrogens with zero attached hydrogens (tertiary/aromatic N) is 1. The van der Waals surface area contributed by atoms with E-state index in [0.717, 1.165) is 0 Å². The van der Waals surface area contributed by atoms with Gasteiger partial charge in [0, 0.05) is 6.20 Å². The standard InChI is InChI=1S/C6H4F3IN2O2S/c7-6(8,9)3-1-4(15(11,13)14)5(10)12-2-3/h1-2H,(H2,11,13,14). The van der Waals surface area contributed by atoms with E-state index in [4.69, 9.17) is 5.14 Å². The van der Waals surface area contributed by atoms with Gasteiger partial charge in [-0.2, -0.15) is 13.2 Å². The van der Waals surface area contributed by atoms with Gasteiger partial charge < -0.3 is 0 Å². The van der Waals surface area contributed by atoms with Gasteiger partial charge in [0.15, 0.2) is 0 Å². The van der Waals surface area contributed by atoms with E-state index in [-0.39, 0.29) is 3.70 Å². The van der Waals surface area contributed by atoms with Crippen molar-refractivity contribution in [2.24, 2.45) is 5.14 Å². The molecule has 0 saturated heterocycles. The van der Waals surface area contributed by atoms with Crippen molar-refractivity contribution in [2.75, 3.05) is 0 Å². The van der Waals surface area contributed by atoms with Crippen LogP contribution < -0.4 is 5.14 Å². The molecule has 0 atom stereocenters. The molecular formula is C6H4F3IN2O2S. The molecule has 15 heavy (non-hydrogen) atoms. The zero-order valence-electron chi connectivity index (χ0n) is 6.92. The first kappa shape index (κ1) is 12.6. The summed E-state index contributed by atoms with van der Waals surface area (Å²) in [5.41, 5.74) is -1.15. The van der Waals surface area contributed by atoms with Gasteiger partial charge in [0.2, 0.25) is 10.0 Å². The summed E-state index contributed by atoms with van der Waals surface area (Å²) >= 11 is 1.49. The fourth-order valence-electron chi connectivity index (χ4n) is 0.782. The van der Waals surface area contributed by atoms with Gasteiger partial charge >= 0.3 is 6.18 Å². The highest BCUT2D eigenvalue weighted by atomic mass is 127. The van der Waals surface area contributed by atoms with E-state index in [1.807, 2.05) is 0 Å². The third-order valence-electron chi connectivity index (χ3n) is 1.44. The van der Waals surface area contributed by atoms with Crippen LogP contribution in [0.15, 0.2) is 17.2 Å². The first-order valence-corrected chi connectivity index (χ1v) is 6.00. The molecule has 0 bridgehead atoms. The fourth-order valence-corrected chi connectivity index (χ4v) is 2.58. The first-order valence-electron chi connectivity index (χ1n) is 3.38. The van der Waals surface area contributed by atoms with Crippen LogP contribution in [0.3, 0.4) is 0 Å². The molecule has 0 fully saturated rings. The Morgan fingerprint density at radius 1 is 1.40 bits per heavy atom. The summed E-state index contributed by atoms with van der Waals surface area (Å²) in [6.07, 6.45) is -4.09. The summed E-state index contributed by atoms with van der Waals surface area (Å²) in [6.45, 7) is 0. The van der Waals surface area contributed by atoms with Crippen molar-refractivity contribution in [1.29, 1.82) is 0 Å². The Bertz CT molecular complexity index is 486. The molecule has 0 aliphatic rings. The van der Waals surface area contributed by atoms with E-state index < -0.39 is 26.7 Å². The van der Waals surface area contributed by atoms with E-state index in [2.05, 4.69) is 4.98 Å². The molecule has 1 aromatic heterocycles. The zero-order chi connectivity index (χ0) is 11.9. The molecule has 0 aliphatic heterocycles. The van der Waals surface area contributed by atoms with Crippen molar-refractivity contribution >= 4 is 32.6 Å². The van der Waals surface area contributed by atoms with Gasteiger partial charge in [-0.1, -0.05) is 0 Å². The van der Waals surface area contributed by atoms with Crippen LogP contribution in [-0.4, -0.2) is 13.4 Å². The van der Waals surface area contributed by atoms with Crippen LogP contribution in [0.25, 0.3) is 0 Å². The molecule has 2 N–H and O–H groups in total. The monoisotopic (exact) mass is 352 g/mol. The Morgan fingerprint density at radius 2 is 1.93 bits per heavy atom. The topological polar surface area (TPSA) is 73.1 Å². The minimum atomic E-state index is -4.64. The van der Waals surface area contributed by atoms with E-state index in [1.165, 1.54) is 22.6 Å². The van der Waals surface area contributed by atoms with Gasteiger partial charge in [-0.25, -0.2) is 18.5 Å². The van der Waals surface area contributed by atoms with Crippen molar-refractivity contribution in [3.63, 3.8) is 0 Å². The summed E-state index contributed by atoms with van der Waals surface area (Å²) in [6, 6.07) is 0.462. The third-order valence-corrected chi connectivity index (χ3v) is 3.59. The van der Waals surface area contributed by atoms with Crippen LogP contribution in [0.1, 0.15) is 5.56 Å². The lowest BCUT2D eigenvalue weighted by Crippen LogP contribution is -2.16. The van der Waals surface area contributed by atoms with Crippen LogP contribution in [-0.2, 0) is 16.2 Å². The number of aromatic nitrogens is 1. The SMILES string of the molecule is NS(=O)(=O)c1cc(C(F)(F)F)cnc1I. The first-order chi connectivity index (χ1) is 6.62. The fraction of sp³-hybridized carbons (Fsp3) is 0.167. The lowest BCUT2D eigenvalue weighted by atomic mass is 10.3. The van der Waals surface area contributed by atoms with Crippen LogP contribution >= 0.6 is 22.6 Å². The average Bonchev–Trinajstić information content (AvgIpc) is 2.00. The number of alkyl halides is 3. The number of sulfonamides is 1. The van der Waals surface area contributed by atoms with E-state index in [0.29, 0.717) is 12.3 Å². The Balaban J connectivity index is 3.43. The largest absolute Gasteiger partial charge is 0.417 e. The molecule has 1 rings (SSSR count). The van der Waals surface area contributed by atoms with Crippen molar-refractivity contribution in [3.05, 3.63) is 21.5 Å². The van der Waals surface area contributed by atoms with E-state index >= 15 is 0 Å². The van der Waals surface area contributed by atoms with E-state index in [1.54, 1.807) is 0 Å². The molecule has 0 radical (unpaired) electrons. The maximum absolute atomic E-state index is 12.2. The number of halogens is 4. The highest BCUT2D eigenvalue weighted by Crippen LogP contribution is 2.30. The molecule has 0 spiro atoms. The van der Waals surface area contributed by atoms with Gasteiger partial charge in [-0.15, -0.1) is 0 Å². The average molecular weight is 352 g/mol. The minimum absolute atomic E-state index is 0.0944. The second-order valence-corrected chi connectivity index (χ2v) is 5.11. The van der Waals surface area contributed by atoms with Crippen molar-refractivity contribution in [2.45, 2.75) is 11.1 Å². The molecular weight excluding hydrogens is 348 g/mol. The number of hydrogen-bond acceptors (Lipinski definition) is 3. The molecule has 9 heteroatoms. The Labute approximate surface area is 96.9 Å². The number of pyridine rings is 1. The molecule has 1 aromatic rings. The molecule has 4 nitrogen and oxygen atoms in total. The van der Waals surface area contributed by atoms with Gasteiger partial charge in [0.1, 0.15) is 8.60 Å². The van der Waals surface area contributed by atoms with Crippen molar-refractivity contribution in [1.82, 2.24) is 4.98 Å². The predicted molar refractivity (Wildman–Crippen MR) is 53.3 cm³/mol. The lowest BCUT2D eigenvalue weighted by molar-refractivity contribution is -0.138. The van der Waals surface area contributed by atoms with Gasteiger partial charge in [0.25, 0.3) is 0 Å². The normalized spacial score (nSPS) is 12.9. The van der Waals surface area contributed by atoms with Crippen molar-refractivity contribution in [3.8, 4) is 0 Å². The second kappa shape index (κ2) is 3.87. The predicted octanol–water partition coefficient (Wildman–Crippen LogP) is 1.35. The Hall–Kier alpha value is -0.420. The highest BCUT2D eigenvalue weighted by Gasteiger charge is 2.32. The molecule has 0 aromatic carbocycles. The number of hydrogen-bond donors (Lipinski definition) is 1. The molecule has 84 valence electrons. The summed E-state index contributed by atoms with van der Waals surface area (Å²) in [4.78, 5) is 2.69. The molecule has 1 heterocycles. The van der Waals surface area contributed by atoms with Crippen LogP contribution in [0.2, 0.25) is 0 Å². The maximum atomic E-state index is 12.2. The third kappa shape index (κ3) is 3.01. The summed E-state index contributed by atoms with van der Waals surface area (Å²) in [5, 5.41) is 4.73. The minimum Gasteiger partial charge on any atom is -0.248 e. The Morgan fingerprint density at radius 3 is 2.33 bits per heavy atom. The molecule has 0 saturated carbocycles. The molecule has 0 unspecified atom stereocenters. The molecule has 0 amide bonds. The van der Waals surface area contributed by atoms with E-state index in [9.17, 15) is 21.6 Å². The van der Waals surface area contributed by atoms with Gasteiger partial charge in [-0.05, 0) is 28.7 Å². The van der Waals surface area contributed by atoms with Crippen molar-refractivity contribution < 1.29 is 21.6 Å². The quantitative estimate of drug-likeness (QED) is 0.613. The Kier molecular flexibility index (Phi) is 3.26. The van der Waals surface area contributed by atoms with Crippen LogP contribution in [0.5, 0.6) is 0 Å². The highest BCUT2D eigenvalue weighted by molar-refractivity contribution is 14.1. The number of rotatable bonds is 1. The summed E-state index contributed by atoms with van der Waals surface area (Å²) < 4.78 is 58.3. The van der Waals surface area contributed by atoms with Gasteiger partial charge in [-0.3, -0.25) is 0 Å². The smallest absolute Gasteiger partial charge is 0.248 e. The second-order valence-electron chi connectivity index (χ2n) is 2.56. The maximum Gasteiger partial charge on any atom is 0.417 e. The molecule has 0 aliphatic carbocycles. The van der Waals surface area contributed by atoms with Crippen LogP contribution in [0.4, 0.5) is 13.2 Å². The summed E-state index contributed by atoms with van der Waals surface area (Å²) in [7, 11) is -4.19. The number of primary sulfonamides is 1. The number of nitrogens with two attached hydrogens (primary N) is 1.